The van der Waals surface area contributed by atoms with E-state index >= 15 is 0 Å². The second kappa shape index (κ2) is 5.05. The highest BCUT2D eigenvalue weighted by Gasteiger charge is 2.51. The van der Waals surface area contributed by atoms with Crippen LogP contribution >= 0.6 is 0 Å². The predicted octanol–water partition coefficient (Wildman–Crippen LogP) is 1.53. The third kappa shape index (κ3) is 2.16. The summed E-state index contributed by atoms with van der Waals surface area (Å²) in [4.78, 5) is 26.0. The fourth-order valence-corrected chi connectivity index (χ4v) is 3.43. The summed E-state index contributed by atoms with van der Waals surface area (Å²) in [6.45, 7) is 3.02. The molecule has 2 unspecified atom stereocenters. The van der Waals surface area contributed by atoms with Gasteiger partial charge in [0.25, 0.3) is 0 Å². The maximum atomic E-state index is 12.3. The van der Waals surface area contributed by atoms with Crippen LogP contribution in [0.2, 0.25) is 0 Å². The number of carbonyl (C=O) groups is 2. The van der Waals surface area contributed by atoms with Gasteiger partial charge in [-0.15, -0.1) is 0 Å². The molecule has 108 valence electrons. The molecule has 1 N–H and O–H groups in total. The first-order chi connectivity index (χ1) is 9.60. The molecule has 2 fully saturated rings. The minimum atomic E-state index is -0.0933. The molecule has 1 saturated carbocycles. The van der Waals surface area contributed by atoms with Crippen molar-refractivity contribution in [1.29, 1.82) is 0 Å². The molecule has 20 heavy (non-hydrogen) atoms. The van der Waals surface area contributed by atoms with Gasteiger partial charge in [-0.3, -0.25) is 14.5 Å². The highest BCUT2D eigenvalue weighted by molar-refractivity contribution is 6.05. The van der Waals surface area contributed by atoms with Crippen LogP contribution in [0.15, 0.2) is 16.5 Å². The van der Waals surface area contributed by atoms with Gasteiger partial charge >= 0.3 is 0 Å². The van der Waals surface area contributed by atoms with E-state index in [2.05, 4.69) is 12.2 Å². The fourth-order valence-electron chi connectivity index (χ4n) is 3.43. The number of nitrogens with zero attached hydrogens (tertiary/aromatic N) is 1. The summed E-state index contributed by atoms with van der Waals surface area (Å²) < 4.78 is 5.62. The summed E-state index contributed by atoms with van der Waals surface area (Å²) in [5.41, 5.74) is 0. The standard InChI is InChI=1S/C15H20N2O3/c1-9-5-12-13(6-9)15(19)17(14(12)18)8-11-4-3-10(20-11)7-16-2/h3-4,9,12-13,16H,5-8H2,1-2H3. The van der Waals surface area contributed by atoms with Crippen LogP contribution in [-0.2, 0) is 22.7 Å². The molecule has 0 radical (unpaired) electrons. The molecule has 2 heterocycles. The summed E-state index contributed by atoms with van der Waals surface area (Å²) in [6, 6.07) is 3.71. The van der Waals surface area contributed by atoms with Crippen LogP contribution in [-0.4, -0.2) is 23.8 Å². The van der Waals surface area contributed by atoms with E-state index in [1.54, 1.807) is 0 Å². The van der Waals surface area contributed by atoms with Crippen molar-refractivity contribution in [2.75, 3.05) is 7.05 Å². The molecule has 2 atom stereocenters. The lowest BCUT2D eigenvalue weighted by Gasteiger charge is -2.15. The van der Waals surface area contributed by atoms with Gasteiger partial charge < -0.3 is 9.73 Å². The first kappa shape index (κ1) is 13.4. The Labute approximate surface area is 118 Å². The van der Waals surface area contributed by atoms with Crippen LogP contribution in [0.4, 0.5) is 0 Å². The Morgan fingerprint density at radius 2 is 1.80 bits per heavy atom. The maximum absolute atomic E-state index is 12.3. The maximum Gasteiger partial charge on any atom is 0.233 e. The molecule has 2 aliphatic rings. The zero-order valence-corrected chi connectivity index (χ0v) is 11.9. The highest BCUT2D eigenvalue weighted by atomic mass is 16.3. The van der Waals surface area contributed by atoms with Gasteiger partial charge in [-0.1, -0.05) is 6.92 Å². The number of likely N-dealkylation sites (tertiary alicyclic amines) is 1. The fraction of sp³-hybridized carbons (Fsp3) is 0.600. The molecule has 3 rings (SSSR count). The van der Waals surface area contributed by atoms with E-state index in [-0.39, 0.29) is 30.2 Å². The summed E-state index contributed by atoms with van der Waals surface area (Å²) in [7, 11) is 1.85. The van der Waals surface area contributed by atoms with Crippen molar-refractivity contribution in [1.82, 2.24) is 10.2 Å². The van der Waals surface area contributed by atoms with E-state index < -0.39 is 0 Å². The van der Waals surface area contributed by atoms with Crippen molar-refractivity contribution in [2.24, 2.45) is 17.8 Å². The summed E-state index contributed by atoms with van der Waals surface area (Å²) in [5, 5.41) is 3.00. The van der Waals surface area contributed by atoms with E-state index in [9.17, 15) is 9.59 Å². The quantitative estimate of drug-likeness (QED) is 0.847. The zero-order chi connectivity index (χ0) is 14.3. The van der Waals surface area contributed by atoms with E-state index in [0.717, 1.165) is 18.6 Å². The van der Waals surface area contributed by atoms with Crippen molar-refractivity contribution in [2.45, 2.75) is 32.9 Å². The Hall–Kier alpha value is -1.62. The van der Waals surface area contributed by atoms with Gasteiger partial charge in [-0.2, -0.15) is 0 Å². The second-order valence-corrected chi connectivity index (χ2v) is 5.95. The Morgan fingerprint density at radius 3 is 2.40 bits per heavy atom. The number of furan rings is 1. The molecule has 0 spiro atoms. The third-order valence-electron chi connectivity index (χ3n) is 4.35. The van der Waals surface area contributed by atoms with Crippen molar-refractivity contribution < 1.29 is 14.0 Å². The number of hydrogen-bond donors (Lipinski definition) is 1. The van der Waals surface area contributed by atoms with E-state index in [0.29, 0.717) is 18.2 Å². The second-order valence-electron chi connectivity index (χ2n) is 5.95. The minimum absolute atomic E-state index is 0.0177. The van der Waals surface area contributed by atoms with Crippen molar-refractivity contribution in [3.63, 3.8) is 0 Å². The van der Waals surface area contributed by atoms with Crippen molar-refractivity contribution in [3.8, 4) is 0 Å². The van der Waals surface area contributed by atoms with Crippen LogP contribution in [0.1, 0.15) is 31.3 Å². The molecule has 1 aliphatic heterocycles. The summed E-state index contributed by atoms with van der Waals surface area (Å²) in [5.74, 6) is 1.74. The molecule has 2 amide bonds. The molecular weight excluding hydrogens is 256 g/mol. The van der Waals surface area contributed by atoms with Gasteiger partial charge in [-0.05, 0) is 37.9 Å². The molecule has 0 bridgehead atoms. The monoisotopic (exact) mass is 276 g/mol. The minimum Gasteiger partial charge on any atom is -0.463 e. The van der Waals surface area contributed by atoms with Crippen LogP contribution < -0.4 is 5.32 Å². The highest BCUT2D eigenvalue weighted by Crippen LogP contribution is 2.43. The van der Waals surface area contributed by atoms with Gasteiger partial charge in [0.15, 0.2) is 0 Å². The topological polar surface area (TPSA) is 62.6 Å². The Balaban J connectivity index is 1.71. The zero-order valence-electron chi connectivity index (χ0n) is 11.9. The van der Waals surface area contributed by atoms with Crippen molar-refractivity contribution >= 4 is 11.8 Å². The normalized spacial score (nSPS) is 29.3. The largest absolute Gasteiger partial charge is 0.463 e. The molecule has 5 nitrogen and oxygen atoms in total. The first-order valence-corrected chi connectivity index (χ1v) is 7.17. The van der Waals surface area contributed by atoms with Gasteiger partial charge in [0.05, 0.1) is 24.9 Å². The molecule has 1 aromatic rings. The van der Waals surface area contributed by atoms with Crippen LogP contribution in [0.3, 0.4) is 0 Å². The molecular formula is C15H20N2O3. The Bertz CT molecular complexity index is 513. The lowest BCUT2D eigenvalue weighted by Crippen LogP contribution is -2.31. The van der Waals surface area contributed by atoms with E-state index in [4.69, 9.17) is 4.42 Å². The average molecular weight is 276 g/mol. The molecule has 1 aromatic heterocycles. The molecule has 5 heteroatoms. The Kier molecular flexibility index (Phi) is 3.38. The van der Waals surface area contributed by atoms with Crippen molar-refractivity contribution in [3.05, 3.63) is 23.7 Å². The van der Waals surface area contributed by atoms with E-state index in [1.807, 2.05) is 19.2 Å². The number of imide groups is 1. The number of carbonyl (C=O) groups excluding carboxylic acids is 2. The van der Waals surface area contributed by atoms with Gasteiger partial charge in [0, 0.05) is 0 Å². The lowest BCUT2D eigenvalue weighted by molar-refractivity contribution is -0.141. The smallest absolute Gasteiger partial charge is 0.233 e. The number of hydrogen-bond acceptors (Lipinski definition) is 4. The SMILES string of the molecule is CNCc1ccc(CN2C(=O)C3CC(C)CC3C2=O)o1. The molecule has 1 aliphatic carbocycles. The lowest BCUT2D eigenvalue weighted by atomic mass is 10.00. The number of nitrogens with one attached hydrogen (secondary N) is 1. The van der Waals surface area contributed by atoms with Crippen LogP contribution in [0.25, 0.3) is 0 Å². The number of rotatable bonds is 4. The molecule has 1 saturated heterocycles. The molecule has 0 aromatic carbocycles. The third-order valence-corrected chi connectivity index (χ3v) is 4.35. The average Bonchev–Trinajstić information content (AvgIpc) is 3.06. The summed E-state index contributed by atoms with van der Waals surface area (Å²) in [6.07, 6.45) is 1.68. The first-order valence-electron chi connectivity index (χ1n) is 7.17. The predicted molar refractivity (Wildman–Crippen MR) is 72.4 cm³/mol. The number of fused-ring (bicyclic) bond motifs is 1. The Morgan fingerprint density at radius 1 is 1.20 bits per heavy atom. The van der Waals surface area contributed by atoms with Gasteiger partial charge in [0.1, 0.15) is 11.5 Å². The summed E-state index contributed by atoms with van der Waals surface area (Å²) >= 11 is 0. The number of amides is 2. The van der Waals surface area contributed by atoms with Crippen LogP contribution in [0, 0.1) is 17.8 Å². The van der Waals surface area contributed by atoms with Gasteiger partial charge in [-0.25, -0.2) is 0 Å². The van der Waals surface area contributed by atoms with E-state index in [1.165, 1.54) is 4.90 Å². The van der Waals surface area contributed by atoms with Gasteiger partial charge in [0.2, 0.25) is 11.8 Å². The van der Waals surface area contributed by atoms with Crippen LogP contribution in [0.5, 0.6) is 0 Å².